The molecule has 2 aromatic rings. The van der Waals surface area contributed by atoms with Crippen LogP contribution in [0.25, 0.3) is 0 Å². The molecule has 0 spiro atoms. The molecule has 1 heterocycles. The fourth-order valence-corrected chi connectivity index (χ4v) is 3.19. The minimum absolute atomic E-state index is 0.00621. The molecule has 0 bridgehead atoms. The molecule has 118 valence electrons. The second-order valence-electron chi connectivity index (χ2n) is 4.50. The number of carbonyl (C=O) groups excluding carboxylic acids is 1. The number of hydrogen-bond donors (Lipinski definition) is 2. The average Bonchev–Trinajstić information content (AvgIpc) is 2.93. The van der Waals surface area contributed by atoms with E-state index in [4.69, 9.17) is 0 Å². The number of anilines is 2. The van der Waals surface area contributed by atoms with Crippen molar-refractivity contribution in [3.05, 3.63) is 30.1 Å². The van der Waals surface area contributed by atoms with E-state index in [1.807, 2.05) is 0 Å². The minimum atomic E-state index is -0.312. The van der Waals surface area contributed by atoms with Crippen molar-refractivity contribution in [1.29, 1.82) is 0 Å². The SMILES string of the molecule is CCCCNC(=O)CSc1nnc(Nc2cccc(F)c2)s1. The van der Waals surface area contributed by atoms with E-state index < -0.39 is 0 Å². The molecule has 8 heteroatoms. The van der Waals surface area contributed by atoms with E-state index >= 15 is 0 Å². The summed E-state index contributed by atoms with van der Waals surface area (Å²) >= 11 is 2.67. The van der Waals surface area contributed by atoms with Gasteiger partial charge in [0.1, 0.15) is 5.82 Å². The third-order valence-corrected chi connectivity index (χ3v) is 4.63. The Hall–Kier alpha value is -1.67. The number of unbranched alkanes of at least 4 members (excludes halogenated alkanes) is 1. The maximum atomic E-state index is 13.1. The van der Waals surface area contributed by atoms with Crippen LogP contribution in [0.2, 0.25) is 0 Å². The molecule has 0 atom stereocenters. The fraction of sp³-hybridized carbons (Fsp3) is 0.357. The first-order valence-electron chi connectivity index (χ1n) is 6.93. The van der Waals surface area contributed by atoms with Gasteiger partial charge >= 0.3 is 0 Å². The summed E-state index contributed by atoms with van der Waals surface area (Å²) < 4.78 is 13.8. The van der Waals surface area contributed by atoms with Gasteiger partial charge in [-0.1, -0.05) is 42.5 Å². The zero-order valence-electron chi connectivity index (χ0n) is 12.1. The number of amides is 1. The highest BCUT2D eigenvalue weighted by Gasteiger charge is 2.08. The Kier molecular flexibility index (Phi) is 6.60. The van der Waals surface area contributed by atoms with Crippen LogP contribution in [0.1, 0.15) is 19.8 Å². The normalized spacial score (nSPS) is 10.5. The molecule has 0 fully saturated rings. The highest BCUT2D eigenvalue weighted by Crippen LogP contribution is 2.27. The molecular formula is C14H17FN4OS2. The Balaban J connectivity index is 1.80. The lowest BCUT2D eigenvalue weighted by atomic mass is 10.3. The van der Waals surface area contributed by atoms with Gasteiger partial charge in [0.25, 0.3) is 0 Å². The van der Waals surface area contributed by atoms with Crippen molar-refractivity contribution in [3.63, 3.8) is 0 Å². The number of nitrogens with one attached hydrogen (secondary N) is 2. The summed E-state index contributed by atoms with van der Waals surface area (Å²) in [6, 6.07) is 6.13. The van der Waals surface area contributed by atoms with Gasteiger partial charge < -0.3 is 10.6 Å². The quantitative estimate of drug-likeness (QED) is 0.569. The van der Waals surface area contributed by atoms with Gasteiger partial charge in [0.2, 0.25) is 11.0 Å². The highest BCUT2D eigenvalue weighted by molar-refractivity contribution is 8.01. The van der Waals surface area contributed by atoms with Gasteiger partial charge in [-0.05, 0) is 24.6 Å². The Labute approximate surface area is 136 Å². The summed E-state index contributed by atoms with van der Waals surface area (Å²) in [5.41, 5.74) is 0.616. The molecule has 22 heavy (non-hydrogen) atoms. The summed E-state index contributed by atoms with van der Waals surface area (Å²) in [7, 11) is 0. The average molecular weight is 340 g/mol. The predicted octanol–water partition coefficient (Wildman–Crippen LogP) is 3.43. The molecular weight excluding hydrogens is 323 g/mol. The van der Waals surface area contributed by atoms with Crippen LogP contribution in [0.5, 0.6) is 0 Å². The summed E-state index contributed by atoms with van der Waals surface area (Å²) in [5, 5.41) is 14.4. The number of aromatic nitrogens is 2. The van der Waals surface area contributed by atoms with E-state index in [-0.39, 0.29) is 11.7 Å². The zero-order chi connectivity index (χ0) is 15.8. The van der Waals surface area contributed by atoms with Gasteiger partial charge in [0.05, 0.1) is 5.75 Å². The first kappa shape index (κ1) is 16.7. The zero-order valence-corrected chi connectivity index (χ0v) is 13.8. The third-order valence-electron chi connectivity index (χ3n) is 2.66. The summed E-state index contributed by atoms with van der Waals surface area (Å²) in [4.78, 5) is 11.6. The molecule has 1 aromatic heterocycles. The van der Waals surface area contributed by atoms with Crippen molar-refractivity contribution in [2.24, 2.45) is 0 Å². The molecule has 0 aliphatic rings. The fourth-order valence-electron chi connectivity index (χ4n) is 1.59. The van der Waals surface area contributed by atoms with Crippen molar-refractivity contribution >= 4 is 39.8 Å². The van der Waals surface area contributed by atoms with E-state index in [1.165, 1.54) is 35.2 Å². The van der Waals surface area contributed by atoms with E-state index in [1.54, 1.807) is 12.1 Å². The molecule has 5 nitrogen and oxygen atoms in total. The van der Waals surface area contributed by atoms with Crippen molar-refractivity contribution < 1.29 is 9.18 Å². The third kappa shape index (κ3) is 5.61. The van der Waals surface area contributed by atoms with E-state index in [2.05, 4.69) is 27.8 Å². The van der Waals surface area contributed by atoms with Gasteiger partial charge in [-0.2, -0.15) is 0 Å². The number of halogens is 1. The second-order valence-corrected chi connectivity index (χ2v) is 6.70. The van der Waals surface area contributed by atoms with Crippen molar-refractivity contribution in [2.75, 3.05) is 17.6 Å². The number of hydrogen-bond acceptors (Lipinski definition) is 6. The number of carbonyl (C=O) groups is 1. The molecule has 0 saturated carbocycles. The number of thioether (sulfide) groups is 1. The van der Waals surface area contributed by atoms with Gasteiger partial charge in [-0.3, -0.25) is 4.79 Å². The van der Waals surface area contributed by atoms with Gasteiger partial charge in [-0.15, -0.1) is 10.2 Å². The van der Waals surface area contributed by atoms with Crippen molar-refractivity contribution in [1.82, 2.24) is 15.5 Å². The van der Waals surface area contributed by atoms with Gasteiger partial charge in [-0.25, -0.2) is 4.39 Å². The molecule has 0 unspecified atom stereocenters. The van der Waals surface area contributed by atoms with E-state index in [0.29, 0.717) is 27.5 Å². The van der Waals surface area contributed by atoms with E-state index in [0.717, 1.165) is 12.8 Å². The molecule has 2 N–H and O–H groups in total. The lowest BCUT2D eigenvalue weighted by Crippen LogP contribution is -2.25. The van der Waals surface area contributed by atoms with Crippen LogP contribution in [-0.2, 0) is 4.79 Å². The van der Waals surface area contributed by atoms with Crippen LogP contribution in [0, 0.1) is 5.82 Å². The Morgan fingerprint density at radius 3 is 3.05 bits per heavy atom. The maximum Gasteiger partial charge on any atom is 0.230 e. The molecule has 0 aliphatic carbocycles. The Morgan fingerprint density at radius 2 is 2.27 bits per heavy atom. The predicted molar refractivity (Wildman–Crippen MR) is 88.2 cm³/mol. The summed E-state index contributed by atoms with van der Waals surface area (Å²) in [6.45, 7) is 2.79. The van der Waals surface area contributed by atoms with Gasteiger partial charge in [0.15, 0.2) is 4.34 Å². The lowest BCUT2D eigenvalue weighted by Gasteiger charge is -2.02. The van der Waals surface area contributed by atoms with Crippen LogP contribution in [-0.4, -0.2) is 28.4 Å². The maximum absolute atomic E-state index is 13.1. The smallest absolute Gasteiger partial charge is 0.230 e. The van der Waals surface area contributed by atoms with Crippen molar-refractivity contribution in [3.8, 4) is 0 Å². The van der Waals surface area contributed by atoms with Crippen LogP contribution in [0.15, 0.2) is 28.6 Å². The summed E-state index contributed by atoms with van der Waals surface area (Å²) in [6.07, 6.45) is 2.04. The number of rotatable bonds is 8. The van der Waals surface area contributed by atoms with Crippen molar-refractivity contribution in [2.45, 2.75) is 24.1 Å². The van der Waals surface area contributed by atoms with E-state index in [9.17, 15) is 9.18 Å². The molecule has 1 aromatic carbocycles. The van der Waals surface area contributed by atoms with Crippen LogP contribution in [0.4, 0.5) is 15.2 Å². The van der Waals surface area contributed by atoms with Crippen LogP contribution < -0.4 is 10.6 Å². The van der Waals surface area contributed by atoms with Crippen LogP contribution in [0.3, 0.4) is 0 Å². The molecule has 0 aliphatic heterocycles. The van der Waals surface area contributed by atoms with Crippen LogP contribution >= 0.6 is 23.1 Å². The second kappa shape index (κ2) is 8.70. The van der Waals surface area contributed by atoms with Gasteiger partial charge in [0, 0.05) is 12.2 Å². The number of benzene rings is 1. The molecule has 0 saturated heterocycles. The first-order valence-corrected chi connectivity index (χ1v) is 8.73. The Morgan fingerprint density at radius 1 is 1.41 bits per heavy atom. The molecule has 0 radical (unpaired) electrons. The highest BCUT2D eigenvalue weighted by atomic mass is 32.2. The summed E-state index contributed by atoms with van der Waals surface area (Å²) in [5.74, 6) is -0.000606. The monoisotopic (exact) mass is 340 g/mol. The molecule has 2 rings (SSSR count). The first-order chi connectivity index (χ1) is 10.7. The largest absolute Gasteiger partial charge is 0.355 e. The minimum Gasteiger partial charge on any atom is -0.355 e. The molecule has 1 amide bonds. The number of nitrogens with zero attached hydrogens (tertiary/aromatic N) is 2. The lowest BCUT2D eigenvalue weighted by molar-refractivity contribution is -0.118. The Bertz CT molecular complexity index is 620. The topological polar surface area (TPSA) is 66.9 Å². The standard InChI is InChI=1S/C14H17FN4OS2/c1-2-3-7-16-12(20)9-21-14-19-18-13(22-14)17-11-6-4-5-10(15)8-11/h4-6,8H,2-3,7,9H2,1H3,(H,16,20)(H,17,18).